The molecule has 8 heteroatoms. The fourth-order valence-corrected chi connectivity index (χ4v) is 2.14. The van der Waals surface area contributed by atoms with Crippen molar-refractivity contribution in [2.75, 3.05) is 11.1 Å². The normalized spacial score (nSPS) is 12.2. The van der Waals surface area contributed by atoms with Gasteiger partial charge in [0.15, 0.2) is 0 Å². The molecule has 0 aliphatic heterocycles. The monoisotopic (exact) mass is 365 g/mol. The molecule has 26 heavy (non-hydrogen) atoms. The van der Waals surface area contributed by atoms with Crippen LogP contribution in [0.3, 0.4) is 0 Å². The molecule has 0 radical (unpaired) electrons. The number of hydrogen-bond acceptors (Lipinski definition) is 5. The highest BCUT2D eigenvalue weighted by Gasteiger charge is 2.24. The molecule has 0 heterocycles. The lowest BCUT2D eigenvalue weighted by Gasteiger charge is -2.22. The number of aliphatic carboxylic acids is 1. The molecule has 0 aliphatic carbocycles. The Labute approximate surface area is 153 Å². The van der Waals surface area contributed by atoms with Gasteiger partial charge in [-0.05, 0) is 64.3 Å². The van der Waals surface area contributed by atoms with Gasteiger partial charge in [0, 0.05) is 6.42 Å². The van der Waals surface area contributed by atoms with E-state index >= 15 is 0 Å². The second kappa shape index (κ2) is 8.55. The third-order valence-corrected chi connectivity index (χ3v) is 3.59. The lowest BCUT2D eigenvalue weighted by atomic mass is 10.1. The molecule has 8 nitrogen and oxygen atoms in total. The van der Waals surface area contributed by atoms with E-state index in [4.69, 9.17) is 10.5 Å². The predicted octanol–water partition coefficient (Wildman–Crippen LogP) is 2.58. The van der Waals surface area contributed by atoms with Crippen LogP contribution in [-0.4, -0.2) is 34.7 Å². The number of carbonyl (C=O) groups excluding carboxylic acids is 2. The number of benzene rings is 1. The van der Waals surface area contributed by atoms with Crippen LogP contribution in [0, 0.1) is 13.8 Å². The van der Waals surface area contributed by atoms with Crippen LogP contribution in [0.15, 0.2) is 12.1 Å². The van der Waals surface area contributed by atoms with E-state index in [0.29, 0.717) is 11.4 Å². The fraction of sp³-hybridized carbons (Fsp3) is 0.500. The van der Waals surface area contributed by atoms with E-state index in [1.807, 2.05) is 13.8 Å². The first-order chi connectivity index (χ1) is 11.9. The van der Waals surface area contributed by atoms with Gasteiger partial charge in [0.1, 0.15) is 11.6 Å². The second-order valence-corrected chi connectivity index (χ2v) is 7.15. The lowest BCUT2D eigenvalue weighted by Crippen LogP contribution is -2.43. The number of hydrogen-bond donors (Lipinski definition) is 4. The van der Waals surface area contributed by atoms with Gasteiger partial charge in [-0.15, -0.1) is 0 Å². The number of amides is 2. The van der Waals surface area contributed by atoms with Crippen LogP contribution in [0.5, 0.6) is 0 Å². The number of ether oxygens (including phenoxy) is 1. The van der Waals surface area contributed by atoms with Gasteiger partial charge in [-0.1, -0.05) is 0 Å². The van der Waals surface area contributed by atoms with E-state index in [1.54, 1.807) is 32.9 Å². The van der Waals surface area contributed by atoms with Gasteiger partial charge >= 0.3 is 12.1 Å². The van der Waals surface area contributed by atoms with Gasteiger partial charge in [-0.3, -0.25) is 4.79 Å². The first kappa shape index (κ1) is 21.3. The van der Waals surface area contributed by atoms with Crippen molar-refractivity contribution in [3.8, 4) is 0 Å². The van der Waals surface area contributed by atoms with Gasteiger partial charge in [0.2, 0.25) is 5.91 Å². The Morgan fingerprint density at radius 1 is 1.19 bits per heavy atom. The number of carboxylic acid groups (broad SMARTS) is 1. The fourth-order valence-electron chi connectivity index (χ4n) is 2.14. The lowest BCUT2D eigenvalue weighted by molar-refractivity contribution is -0.139. The van der Waals surface area contributed by atoms with E-state index in [9.17, 15) is 19.5 Å². The molecule has 5 N–H and O–H groups in total. The first-order valence-electron chi connectivity index (χ1n) is 8.28. The third-order valence-electron chi connectivity index (χ3n) is 3.59. The van der Waals surface area contributed by atoms with Crippen molar-refractivity contribution < 1.29 is 24.2 Å². The van der Waals surface area contributed by atoms with Crippen LogP contribution in [0.4, 0.5) is 16.2 Å². The number of rotatable bonds is 6. The zero-order valence-electron chi connectivity index (χ0n) is 15.8. The Morgan fingerprint density at radius 3 is 2.31 bits per heavy atom. The number of nitrogens with two attached hydrogens (primary N) is 1. The second-order valence-electron chi connectivity index (χ2n) is 7.15. The molecule has 0 bridgehead atoms. The highest BCUT2D eigenvalue weighted by atomic mass is 16.6. The molecule has 1 aromatic carbocycles. The Kier molecular flexibility index (Phi) is 7.00. The minimum atomic E-state index is -1.24. The average molecular weight is 365 g/mol. The van der Waals surface area contributed by atoms with E-state index in [2.05, 4.69) is 10.6 Å². The maximum atomic E-state index is 12.1. The van der Waals surface area contributed by atoms with Crippen LogP contribution >= 0.6 is 0 Å². The van der Waals surface area contributed by atoms with Crippen LogP contribution in [-0.2, 0) is 14.3 Å². The molecule has 0 aliphatic rings. The molecular weight excluding hydrogens is 338 g/mol. The summed E-state index contributed by atoms with van der Waals surface area (Å²) in [7, 11) is 0. The van der Waals surface area contributed by atoms with E-state index in [1.165, 1.54) is 0 Å². The zero-order chi connectivity index (χ0) is 20.1. The SMILES string of the molecule is Cc1cc(N)c(NC(=O)CCC(NC(=O)OC(C)(C)C)C(=O)O)cc1C. The van der Waals surface area contributed by atoms with Crippen LogP contribution in [0.1, 0.15) is 44.7 Å². The van der Waals surface area contributed by atoms with Crippen LogP contribution in [0.25, 0.3) is 0 Å². The largest absolute Gasteiger partial charge is 0.480 e. The Balaban J connectivity index is 2.64. The highest BCUT2D eigenvalue weighted by molar-refractivity contribution is 5.94. The van der Waals surface area contributed by atoms with Crippen LogP contribution < -0.4 is 16.4 Å². The van der Waals surface area contributed by atoms with Gasteiger partial charge in [0.25, 0.3) is 0 Å². The minimum Gasteiger partial charge on any atom is -0.480 e. The summed E-state index contributed by atoms with van der Waals surface area (Å²) in [4.78, 5) is 35.1. The Hall–Kier alpha value is -2.77. The summed E-state index contributed by atoms with van der Waals surface area (Å²) in [6, 6.07) is 2.29. The van der Waals surface area contributed by atoms with E-state index < -0.39 is 29.6 Å². The standard InChI is InChI=1S/C18H27N3O5/c1-10-8-12(19)14(9-11(10)2)20-15(22)7-6-13(16(23)24)21-17(25)26-18(3,4)5/h8-9,13H,6-7,19H2,1-5H3,(H,20,22)(H,21,25)(H,23,24). The van der Waals surface area contributed by atoms with Crippen molar-refractivity contribution in [3.05, 3.63) is 23.3 Å². The summed E-state index contributed by atoms with van der Waals surface area (Å²) in [5, 5.41) is 14.1. The predicted molar refractivity (Wildman–Crippen MR) is 99.0 cm³/mol. The van der Waals surface area contributed by atoms with E-state index in [-0.39, 0.29) is 12.8 Å². The number of carboxylic acids is 1. The van der Waals surface area contributed by atoms with E-state index in [0.717, 1.165) is 11.1 Å². The first-order valence-corrected chi connectivity index (χ1v) is 8.28. The smallest absolute Gasteiger partial charge is 0.408 e. The summed E-state index contributed by atoms with van der Waals surface area (Å²) in [5.74, 6) is -1.63. The molecular formula is C18H27N3O5. The summed E-state index contributed by atoms with van der Waals surface area (Å²) in [6.07, 6.45) is -1.02. The average Bonchev–Trinajstić information content (AvgIpc) is 2.46. The molecule has 0 fully saturated rings. The summed E-state index contributed by atoms with van der Waals surface area (Å²) in [6.45, 7) is 8.82. The van der Waals surface area contributed by atoms with Gasteiger partial charge < -0.3 is 26.2 Å². The van der Waals surface area contributed by atoms with Crippen molar-refractivity contribution >= 4 is 29.3 Å². The summed E-state index contributed by atoms with van der Waals surface area (Å²) >= 11 is 0. The molecule has 0 aromatic heterocycles. The van der Waals surface area contributed by atoms with Crippen molar-refractivity contribution in [2.45, 2.75) is 59.1 Å². The quantitative estimate of drug-likeness (QED) is 0.573. The topological polar surface area (TPSA) is 131 Å². The van der Waals surface area contributed by atoms with Crippen molar-refractivity contribution in [1.82, 2.24) is 5.32 Å². The van der Waals surface area contributed by atoms with Crippen molar-refractivity contribution in [1.29, 1.82) is 0 Å². The molecule has 0 saturated heterocycles. The molecule has 0 spiro atoms. The molecule has 1 aromatic rings. The molecule has 2 amide bonds. The number of alkyl carbamates (subject to hydrolysis) is 1. The van der Waals surface area contributed by atoms with Crippen LogP contribution in [0.2, 0.25) is 0 Å². The molecule has 144 valence electrons. The zero-order valence-corrected chi connectivity index (χ0v) is 15.8. The van der Waals surface area contributed by atoms with Gasteiger partial charge in [-0.2, -0.15) is 0 Å². The number of nitrogen functional groups attached to an aromatic ring is 1. The molecule has 0 saturated carbocycles. The number of carbonyl (C=O) groups is 3. The van der Waals surface area contributed by atoms with Gasteiger partial charge in [0.05, 0.1) is 11.4 Å². The summed E-state index contributed by atoms with van der Waals surface area (Å²) in [5.41, 5.74) is 8.03. The Bertz CT molecular complexity index is 695. The number of anilines is 2. The third kappa shape index (κ3) is 7.00. The minimum absolute atomic E-state index is 0.0782. The number of nitrogens with one attached hydrogen (secondary N) is 2. The molecule has 1 rings (SSSR count). The molecule has 1 atom stereocenters. The Morgan fingerprint density at radius 2 is 1.77 bits per heavy atom. The highest BCUT2D eigenvalue weighted by Crippen LogP contribution is 2.23. The van der Waals surface area contributed by atoms with Crippen molar-refractivity contribution in [3.63, 3.8) is 0 Å². The van der Waals surface area contributed by atoms with Crippen molar-refractivity contribution in [2.24, 2.45) is 0 Å². The summed E-state index contributed by atoms with van der Waals surface area (Å²) < 4.78 is 5.03. The maximum Gasteiger partial charge on any atom is 0.408 e. The molecule has 1 unspecified atom stereocenters. The maximum absolute atomic E-state index is 12.1. The van der Waals surface area contributed by atoms with Gasteiger partial charge in [-0.25, -0.2) is 9.59 Å². The number of aryl methyl sites for hydroxylation is 2.